The van der Waals surface area contributed by atoms with Crippen LogP contribution in [0.25, 0.3) is 0 Å². The Morgan fingerprint density at radius 2 is 2.11 bits per heavy atom. The van der Waals surface area contributed by atoms with Gasteiger partial charge in [-0.2, -0.15) is 0 Å². The van der Waals surface area contributed by atoms with Crippen molar-refractivity contribution in [3.8, 4) is 11.5 Å². The minimum atomic E-state index is -0.507. The van der Waals surface area contributed by atoms with E-state index in [1.807, 2.05) is 6.07 Å². The SMILES string of the molecule is CCCNc1cncc(Oc2ccc(Cl)c(F)c2)c1. The molecule has 0 aliphatic heterocycles. The first-order valence-electron chi connectivity index (χ1n) is 6.01. The van der Waals surface area contributed by atoms with E-state index in [0.717, 1.165) is 18.7 Å². The molecule has 0 atom stereocenters. The third kappa shape index (κ3) is 3.83. The smallest absolute Gasteiger partial charge is 0.147 e. The molecule has 100 valence electrons. The number of rotatable bonds is 5. The molecule has 1 N–H and O–H groups in total. The predicted molar refractivity (Wildman–Crippen MR) is 74.5 cm³/mol. The van der Waals surface area contributed by atoms with Crippen LogP contribution in [0, 0.1) is 5.82 Å². The quantitative estimate of drug-likeness (QED) is 0.876. The zero-order valence-electron chi connectivity index (χ0n) is 10.5. The van der Waals surface area contributed by atoms with Crippen molar-refractivity contribution in [3.05, 3.63) is 47.5 Å². The Kier molecular flexibility index (Phi) is 4.58. The van der Waals surface area contributed by atoms with Crippen LogP contribution in [0.15, 0.2) is 36.7 Å². The molecule has 2 rings (SSSR count). The van der Waals surface area contributed by atoms with Crippen molar-refractivity contribution >= 4 is 17.3 Å². The minimum absolute atomic E-state index is 0.0730. The van der Waals surface area contributed by atoms with Crippen molar-refractivity contribution in [3.63, 3.8) is 0 Å². The van der Waals surface area contributed by atoms with Crippen molar-refractivity contribution in [2.75, 3.05) is 11.9 Å². The fraction of sp³-hybridized carbons (Fsp3) is 0.214. The maximum Gasteiger partial charge on any atom is 0.147 e. The van der Waals surface area contributed by atoms with E-state index >= 15 is 0 Å². The molecule has 5 heteroatoms. The van der Waals surface area contributed by atoms with Gasteiger partial charge < -0.3 is 10.1 Å². The summed E-state index contributed by atoms with van der Waals surface area (Å²) in [5, 5.41) is 3.28. The summed E-state index contributed by atoms with van der Waals surface area (Å²) in [5.41, 5.74) is 0.869. The monoisotopic (exact) mass is 280 g/mol. The lowest BCUT2D eigenvalue weighted by Crippen LogP contribution is -2.00. The number of halogens is 2. The maximum absolute atomic E-state index is 13.3. The van der Waals surface area contributed by atoms with E-state index in [-0.39, 0.29) is 5.02 Å². The second kappa shape index (κ2) is 6.38. The Hall–Kier alpha value is -1.81. The topological polar surface area (TPSA) is 34.2 Å². The maximum atomic E-state index is 13.3. The van der Waals surface area contributed by atoms with Gasteiger partial charge in [0.15, 0.2) is 0 Å². The third-order valence-corrected chi connectivity index (χ3v) is 2.73. The standard InChI is InChI=1S/C14H14ClFN2O/c1-2-5-18-10-6-12(9-17-8-10)19-11-3-4-13(15)14(16)7-11/h3-4,6-9,18H,2,5H2,1H3. The van der Waals surface area contributed by atoms with Gasteiger partial charge in [0, 0.05) is 18.7 Å². The molecular weight excluding hydrogens is 267 g/mol. The van der Waals surface area contributed by atoms with E-state index in [1.54, 1.807) is 18.5 Å². The molecule has 0 saturated heterocycles. The average Bonchev–Trinajstić information content (AvgIpc) is 2.41. The highest BCUT2D eigenvalue weighted by Gasteiger charge is 2.04. The number of aromatic nitrogens is 1. The van der Waals surface area contributed by atoms with E-state index in [2.05, 4.69) is 17.2 Å². The highest BCUT2D eigenvalue weighted by molar-refractivity contribution is 6.30. The van der Waals surface area contributed by atoms with Crippen LogP contribution in [-0.4, -0.2) is 11.5 Å². The summed E-state index contributed by atoms with van der Waals surface area (Å²) in [6, 6.07) is 6.13. The molecule has 0 fully saturated rings. The van der Waals surface area contributed by atoms with E-state index in [0.29, 0.717) is 11.5 Å². The molecule has 0 bridgehead atoms. The molecule has 0 saturated carbocycles. The van der Waals surface area contributed by atoms with Crippen LogP contribution >= 0.6 is 11.6 Å². The average molecular weight is 281 g/mol. The Morgan fingerprint density at radius 3 is 2.84 bits per heavy atom. The van der Waals surface area contributed by atoms with Crippen molar-refractivity contribution in [2.45, 2.75) is 13.3 Å². The van der Waals surface area contributed by atoms with E-state index in [4.69, 9.17) is 16.3 Å². The molecule has 2 aromatic rings. The molecule has 3 nitrogen and oxygen atoms in total. The van der Waals surface area contributed by atoms with Gasteiger partial charge in [-0.1, -0.05) is 18.5 Å². The number of ether oxygens (including phenoxy) is 1. The van der Waals surface area contributed by atoms with Crippen molar-refractivity contribution in [1.82, 2.24) is 4.98 Å². The van der Waals surface area contributed by atoms with Crippen molar-refractivity contribution < 1.29 is 9.13 Å². The van der Waals surface area contributed by atoms with Crippen molar-refractivity contribution in [2.24, 2.45) is 0 Å². The predicted octanol–water partition coefficient (Wildman–Crippen LogP) is 4.49. The van der Waals surface area contributed by atoms with E-state index in [1.165, 1.54) is 12.1 Å². The minimum Gasteiger partial charge on any atom is -0.456 e. The summed E-state index contributed by atoms with van der Waals surface area (Å²) < 4.78 is 18.8. The highest BCUT2D eigenvalue weighted by atomic mass is 35.5. The molecule has 0 unspecified atom stereocenters. The molecule has 0 aliphatic rings. The van der Waals surface area contributed by atoms with E-state index in [9.17, 15) is 4.39 Å². The zero-order chi connectivity index (χ0) is 13.7. The number of benzene rings is 1. The molecule has 0 amide bonds. The summed E-state index contributed by atoms with van der Waals surface area (Å²) in [4.78, 5) is 4.07. The number of nitrogens with zero attached hydrogens (tertiary/aromatic N) is 1. The van der Waals surface area contributed by atoms with Crippen LogP contribution in [0.1, 0.15) is 13.3 Å². The Labute approximate surface area is 116 Å². The number of anilines is 1. The first-order chi connectivity index (χ1) is 9.19. The molecule has 19 heavy (non-hydrogen) atoms. The van der Waals surface area contributed by atoms with Gasteiger partial charge in [0.1, 0.15) is 17.3 Å². The fourth-order valence-electron chi connectivity index (χ4n) is 1.52. The van der Waals surface area contributed by atoms with Gasteiger partial charge >= 0.3 is 0 Å². The van der Waals surface area contributed by atoms with Gasteiger partial charge in [-0.15, -0.1) is 0 Å². The van der Waals surface area contributed by atoms with Gasteiger partial charge in [0.2, 0.25) is 0 Å². The van der Waals surface area contributed by atoms with Gasteiger partial charge in [-0.25, -0.2) is 4.39 Å². The second-order valence-electron chi connectivity index (χ2n) is 4.01. The second-order valence-corrected chi connectivity index (χ2v) is 4.42. The summed E-state index contributed by atoms with van der Waals surface area (Å²) in [7, 11) is 0. The van der Waals surface area contributed by atoms with Crippen LogP contribution in [0.2, 0.25) is 5.02 Å². The Bertz CT molecular complexity index is 563. The lowest BCUT2D eigenvalue weighted by atomic mass is 10.3. The first-order valence-corrected chi connectivity index (χ1v) is 6.38. The molecular formula is C14H14ClFN2O. The number of hydrogen-bond donors (Lipinski definition) is 1. The van der Waals surface area contributed by atoms with Crippen LogP contribution < -0.4 is 10.1 Å². The molecule has 0 aliphatic carbocycles. The van der Waals surface area contributed by atoms with E-state index < -0.39 is 5.82 Å². The number of hydrogen-bond acceptors (Lipinski definition) is 3. The number of nitrogens with one attached hydrogen (secondary N) is 1. The van der Waals surface area contributed by atoms with Crippen molar-refractivity contribution in [1.29, 1.82) is 0 Å². The largest absolute Gasteiger partial charge is 0.456 e. The van der Waals surface area contributed by atoms with Crippen LogP contribution in [0.5, 0.6) is 11.5 Å². The van der Waals surface area contributed by atoms with Gasteiger partial charge in [-0.3, -0.25) is 4.98 Å². The zero-order valence-corrected chi connectivity index (χ0v) is 11.2. The molecule has 1 aromatic heterocycles. The number of pyridine rings is 1. The van der Waals surface area contributed by atoms with Gasteiger partial charge in [0.25, 0.3) is 0 Å². The Morgan fingerprint density at radius 1 is 1.26 bits per heavy atom. The molecule has 0 spiro atoms. The first kappa shape index (κ1) is 13.6. The van der Waals surface area contributed by atoms with Crippen LogP contribution in [0.4, 0.5) is 10.1 Å². The van der Waals surface area contributed by atoms with Gasteiger partial charge in [0.05, 0.1) is 23.1 Å². The molecule has 1 heterocycles. The molecule has 0 radical (unpaired) electrons. The Balaban J connectivity index is 2.11. The normalized spacial score (nSPS) is 10.3. The lowest BCUT2D eigenvalue weighted by molar-refractivity contribution is 0.475. The summed E-state index contributed by atoms with van der Waals surface area (Å²) in [6.07, 6.45) is 4.31. The summed E-state index contributed by atoms with van der Waals surface area (Å²) >= 11 is 5.61. The van der Waals surface area contributed by atoms with Crippen LogP contribution in [0.3, 0.4) is 0 Å². The lowest BCUT2D eigenvalue weighted by Gasteiger charge is -2.08. The summed E-state index contributed by atoms with van der Waals surface area (Å²) in [5.74, 6) is 0.423. The van der Waals surface area contributed by atoms with Crippen LogP contribution in [-0.2, 0) is 0 Å². The highest BCUT2D eigenvalue weighted by Crippen LogP contribution is 2.26. The fourth-order valence-corrected chi connectivity index (χ4v) is 1.63. The third-order valence-electron chi connectivity index (χ3n) is 2.42. The van der Waals surface area contributed by atoms with Gasteiger partial charge in [-0.05, 0) is 18.6 Å². The molecule has 1 aromatic carbocycles. The summed E-state index contributed by atoms with van der Waals surface area (Å²) in [6.45, 7) is 2.94.